The van der Waals surface area contributed by atoms with Gasteiger partial charge in [-0.15, -0.1) is 0 Å². The van der Waals surface area contributed by atoms with Crippen molar-refractivity contribution in [1.82, 2.24) is 9.80 Å². The minimum absolute atomic E-state index is 0.307. The van der Waals surface area contributed by atoms with Gasteiger partial charge < -0.3 is 5.73 Å². The SMILES string of the molecule is CCC1CCCCN1C1(CN)CCN2CCCCC21. The minimum atomic E-state index is 0.307. The maximum Gasteiger partial charge on any atom is 0.0501 e. The molecule has 3 saturated heterocycles. The number of nitrogens with two attached hydrogens (primary N) is 1. The molecule has 3 rings (SSSR count). The Morgan fingerprint density at radius 1 is 1.05 bits per heavy atom. The van der Waals surface area contributed by atoms with Crippen molar-refractivity contribution >= 4 is 0 Å². The van der Waals surface area contributed by atoms with Crippen molar-refractivity contribution in [1.29, 1.82) is 0 Å². The summed E-state index contributed by atoms with van der Waals surface area (Å²) in [6.45, 7) is 7.12. The van der Waals surface area contributed by atoms with Gasteiger partial charge in [-0.2, -0.15) is 0 Å². The van der Waals surface area contributed by atoms with Crippen molar-refractivity contribution in [2.75, 3.05) is 26.2 Å². The highest BCUT2D eigenvalue weighted by molar-refractivity contribution is 5.10. The van der Waals surface area contributed by atoms with E-state index in [1.165, 1.54) is 71.0 Å². The Bertz CT molecular complexity index is 306. The second kappa shape index (κ2) is 5.71. The Labute approximate surface area is 118 Å². The fourth-order valence-electron chi connectivity index (χ4n) is 5.07. The number of rotatable bonds is 3. The van der Waals surface area contributed by atoms with Gasteiger partial charge in [0.1, 0.15) is 0 Å². The molecule has 0 saturated carbocycles. The maximum absolute atomic E-state index is 6.36. The zero-order valence-corrected chi connectivity index (χ0v) is 12.6. The van der Waals surface area contributed by atoms with Crippen LogP contribution in [0.1, 0.15) is 58.3 Å². The lowest BCUT2D eigenvalue weighted by atomic mass is 9.80. The molecule has 0 aromatic rings. The van der Waals surface area contributed by atoms with E-state index in [1.807, 2.05) is 0 Å². The third-order valence-electron chi connectivity index (χ3n) is 6.09. The summed E-state index contributed by atoms with van der Waals surface area (Å²) in [5, 5.41) is 0. The van der Waals surface area contributed by atoms with Gasteiger partial charge >= 0.3 is 0 Å². The average Bonchev–Trinajstić information content (AvgIpc) is 2.87. The summed E-state index contributed by atoms with van der Waals surface area (Å²) >= 11 is 0. The summed E-state index contributed by atoms with van der Waals surface area (Å²) in [6.07, 6.45) is 11.0. The molecule has 3 atom stereocenters. The van der Waals surface area contributed by atoms with Crippen LogP contribution in [-0.2, 0) is 0 Å². The van der Waals surface area contributed by atoms with E-state index in [1.54, 1.807) is 0 Å². The van der Waals surface area contributed by atoms with Gasteiger partial charge in [-0.25, -0.2) is 0 Å². The van der Waals surface area contributed by atoms with E-state index in [0.717, 1.165) is 18.6 Å². The van der Waals surface area contributed by atoms with E-state index in [-0.39, 0.29) is 0 Å². The van der Waals surface area contributed by atoms with Crippen LogP contribution in [0.4, 0.5) is 0 Å². The normalized spacial score (nSPS) is 41.4. The van der Waals surface area contributed by atoms with E-state index in [0.29, 0.717) is 5.54 Å². The molecule has 3 heterocycles. The Hall–Kier alpha value is -0.120. The summed E-state index contributed by atoms with van der Waals surface area (Å²) in [5.74, 6) is 0. The topological polar surface area (TPSA) is 32.5 Å². The molecule has 19 heavy (non-hydrogen) atoms. The van der Waals surface area contributed by atoms with Gasteiger partial charge in [0.15, 0.2) is 0 Å². The fourth-order valence-corrected chi connectivity index (χ4v) is 5.07. The maximum atomic E-state index is 6.36. The highest BCUT2D eigenvalue weighted by Crippen LogP contribution is 2.42. The molecule has 0 spiro atoms. The van der Waals surface area contributed by atoms with Crippen molar-refractivity contribution in [3.63, 3.8) is 0 Å². The standard InChI is InChI=1S/C16H31N3/c1-2-14-7-3-6-11-19(14)16(13-17)9-12-18-10-5-4-8-15(16)18/h14-15H,2-13,17H2,1H3. The zero-order valence-electron chi connectivity index (χ0n) is 12.6. The molecule has 3 fully saturated rings. The van der Waals surface area contributed by atoms with E-state index in [2.05, 4.69) is 16.7 Å². The average molecular weight is 265 g/mol. The van der Waals surface area contributed by atoms with Crippen molar-refractivity contribution < 1.29 is 0 Å². The van der Waals surface area contributed by atoms with Crippen LogP contribution in [0.2, 0.25) is 0 Å². The summed E-state index contributed by atoms with van der Waals surface area (Å²) in [5.41, 5.74) is 6.66. The molecule has 3 nitrogen and oxygen atoms in total. The molecule has 2 N–H and O–H groups in total. The summed E-state index contributed by atoms with van der Waals surface area (Å²) in [7, 11) is 0. The molecule has 0 bridgehead atoms. The van der Waals surface area contributed by atoms with Gasteiger partial charge in [-0.05, 0) is 51.6 Å². The van der Waals surface area contributed by atoms with Gasteiger partial charge in [-0.3, -0.25) is 9.80 Å². The van der Waals surface area contributed by atoms with Gasteiger partial charge in [0.25, 0.3) is 0 Å². The summed E-state index contributed by atoms with van der Waals surface area (Å²) in [4.78, 5) is 5.60. The molecule has 0 aliphatic carbocycles. The smallest absolute Gasteiger partial charge is 0.0501 e. The van der Waals surface area contributed by atoms with Crippen LogP contribution in [0.5, 0.6) is 0 Å². The van der Waals surface area contributed by atoms with Gasteiger partial charge in [0.05, 0.1) is 5.54 Å². The molecule has 0 radical (unpaired) electrons. The van der Waals surface area contributed by atoms with Crippen LogP contribution in [0.3, 0.4) is 0 Å². The first kappa shape index (κ1) is 13.8. The zero-order chi connectivity index (χ0) is 13.3. The van der Waals surface area contributed by atoms with Gasteiger partial charge in [0.2, 0.25) is 0 Å². The van der Waals surface area contributed by atoms with Crippen molar-refractivity contribution in [3.05, 3.63) is 0 Å². The first-order valence-electron chi connectivity index (χ1n) is 8.52. The molecule has 3 aliphatic heterocycles. The first-order chi connectivity index (χ1) is 9.31. The number of piperidine rings is 2. The van der Waals surface area contributed by atoms with Crippen molar-refractivity contribution in [2.24, 2.45) is 5.73 Å². The molecule has 110 valence electrons. The summed E-state index contributed by atoms with van der Waals surface area (Å²) < 4.78 is 0. The minimum Gasteiger partial charge on any atom is -0.329 e. The second-order valence-electron chi connectivity index (χ2n) is 6.86. The third-order valence-corrected chi connectivity index (χ3v) is 6.09. The van der Waals surface area contributed by atoms with E-state index in [4.69, 9.17) is 5.73 Å². The van der Waals surface area contributed by atoms with Crippen LogP contribution in [0.25, 0.3) is 0 Å². The Balaban J connectivity index is 1.85. The number of nitrogens with zero attached hydrogens (tertiary/aromatic N) is 2. The van der Waals surface area contributed by atoms with Crippen LogP contribution in [0, 0.1) is 0 Å². The Morgan fingerprint density at radius 2 is 1.84 bits per heavy atom. The lowest BCUT2D eigenvalue weighted by molar-refractivity contribution is -0.0129. The van der Waals surface area contributed by atoms with Crippen LogP contribution in [0.15, 0.2) is 0 Å². The molecule has 3 heteroatoms. The van der Waals surface area contributed by atoms with Crippen molar-refractivity contribution in [2.45, 2.75) is 75.9 Å². The highest BCUT2D eigenvalue weighted by Gasteiger charge is 2.52. The van der Waals surface area contributed by atoms with Crippen LogP contribution >= 0.6 is 0 Å². The summed E-state index contributed by atoms with van der Waals surface area (Å²) in [6, 6.07) is 1.54. The molecule has 0 aromatic heterocycles. The molecular formula is C16H31N3. The number of hydrogen-bond acceptors (Lipinski definition) is 3. The Morgan fingerprint density at radius 3 is 2.63 bits per heavy atom. The van der Waals surface area contributed by atoms with E-state index in [9.17, 15) is 0 Å². The van der Waals surface area contributed by atoms with Crippen LogP contribution in [-0.4, -0.2) is 53.6 Å². The monoisotopic (exact) mass is 265 g/mol. The molecule has 3 unspecified atom stereocenters. The largest absolute Gasteiger partial charge is 0.329 e. The van der Waals surface area contributed by atoms with E-state index < -0.39 is 0 Å². The van der Waals surface area contributed by atoms with Crippen molar-refractivity contribution in [3.8, 4) is 0 Å². The number of hydrogen-bond donors (Lipinski definition) is 1. The molecular weight excluding hydrogens is 234 g/mol. The molecule has 0 aromatic carbocycles. The lowest BCUT2D eigenvalue weighted by Gasteiger charge is -2.52. The molecule has 0 amide bonds. The fraction of sp³-hybridized carbons (Fsp3) is 1.00. The predicted molar refractivity (Wildman–Crippen MR) is 80.3 cm³/mol. The first-order valence-corrected chi connectivity index (χ1v) is 8.52. The quantitative estimate of drug-likeness (QED) is 0.849. The lowest BCUT2D eigenvalue weighted by Crippen LogP contribution is -2.65. The third kappa shape index (κ3) is 2.24. The Kier molecular flexibility index (Phi) is 4.16. The highest BCUT2D eigenvalue weighted by atomic mass is 15.3. The number of fused-ring (bicyclic) bond motifs is 1. The van der Waals surface area contributed by atoms with E-state index >= 15 is 0 Å². The van der Waals surface area contributed by atoms with Gasteiger partial charge in [-0.1, -0.05) is 19.8 Å². The number of likely N-dealkylation sites (tertiary alicyclic amines) is 1. The van der Waals surface area contributed by atoms with Gasteiger partial charge in [0, 0.05) is 25.2 Å². The molecule has 3 aliphatic rings. The predicted octanol–water partition coefficient (Wildman–Crippen LogP) is 2.21. The second-order valence-corrected chi connectivity index (χ2v) is 6.86. The van der Waals surface area contributed by atoms with Crippen LogP contribution < -0.4 is 5.73 Å².